The van der Waals surface area contributed by atoms with Crippen LogP contribution in [0.4, 0.5) is 0 Å². The quantitative estimate of drug-likeness (QED) is 0.103. The summed E-state index contributed by atoms with van der Waals surface area (Å²) in [5.41, 5.74) is 0. The highest BCUT2D eigenvalue weighted by Crippen LogP contribution is 2.15. The maximum Gasteiger partial charge on any atom is 0.0836 e. The summed E-state index contributed by atoms with van der Waals surface area (Å²) in [5.74, 6) is 0. The molecule has 193 valence electrons. The van der Waals surface area contributed by atoms with Gasteiger partial charge in [0.2, 0.25) is 0 Å². The fraction of sp³-hybridized carbons (Fsp3) is 0.968. The number of hydrogen-bond donors (Lipinski definition) is 0. The molecule has 0 aliphatic heterocycles. The van der Waals surface area contributed by atoms with E-state index < -0.39 is 0 Å². The molecule has 0 atom stereocenters. The van der Waals surface area contributed by atoms with E-state index in [9.17, 15) is 0 Å². The molecular weight excluding hydrogens is 388 g/mol. The zero-order valence-electron chi connectivity index (χ0n) is 22.8. The Hall–Kier alpha value is -0.0400. The molecule has 0 saturated heterocycles. The third-order valence-corrected chi connectivity index (χ3v) is 6.91. The molecule has 0 amide bonds. The summed E-state index contributed by atoms with van der Waals surface area (Å²) in [7, 11) is 0. The van der Waals surface area contributed by atoms with Gasteiger partial charge in [0.25, 0.3) is 0 Å². The van der Waals surface area contributed by atoms with Crippen molar-refractivity contribution >= 4 is 0 Å². The average molecular weight is 452 g/mol. The molecule has 1 heteroatoms. The zero-order chi connectivity index (χ0) is 23.2. The predicted octanol–water partition coefficient (Wildman–Crippen LogP) is 11.7. The first-order chi connectivity index (χ1) is 15.9. The monoisotopic (exact) mass is 451 g/mol. The van der Waals surface area contributed by atoms with Crippen LogP contribution in [-0.2, 0) is 4.74 Å². The molecule has 0 N–H and O–H groups in total. The molecule has 0 saturated carbocycles. The van der Waals surface area contributed by atoms with Gasteiger partial charge in [-0.3, -0.25) is 0 Å². The molecule has 0 aromatic carbocycles. The van der Waals surface area contributed by atoms with Gasteiger partial charge in [-0.15, -0.1) is 0 Å². The van der Waals surface area contributed by atoms with Crippen LogP contribution >= 0.6 is 0 Å². The Kier molecular flexibility index (Phi) is 30.9. The summed E-state index contributed by atoms with van der Waals surface area (Å²) < 4.78 is 5.67. The summed E-state index contributed by atoms with van der Waals surface area (Å²) in [6.45, 7) is 7.60. The third-order valence-electron chi connectivity index (χ3n) is 6.91. The lowest BCUT2D eigenvalue weighted by Gasteiger charge is -2.05. The van der Waals surface area contributed by atoms with Crippen molar-refractivity contribution in [3.8, 4) is 0 Å². The van der Waals surface area contributed by atoms with Gasteiger partial charge in [-0.2, -0.15) is 0 Å². The van der Waals surface area contributed by atoms with Crippen molar-refractivity contribution in [3.05, 3.63) is 6.61 Å². The number of unbranched alkanes of at least 4 members (excludes halogenated alkanes) is 25. The van der Waals surface area contributed by atoms with Gasteiger partial charge in [0.1, 0.15) is 0 Å². The summed E-state index contributed by atoms with van der Waals surface area (Å²) >= 11 is 0. The van der Waals surface area contributed by atoms with Crippen LogP contribution in [0.15, 0.2) is 0 Å². The lowest BCUT2D eigenvalue weighted by atomic mass is 10.0. The van der Waals surface area contributed by atoms with E-state index in [1.165, 1.54) is 167 Å². The number of hydrogen-bond acceptors (Lipinski definition) is 1. The molecule has 0 aromatic heterocycles. The van der Waals surface area contributed by atoms with Crippen molar-refractivity contribution < 1.29 is 4.74 Å². The van der Waals surface area contributed by atoms with E-state index in [1.807, 2.05) is 0 Å². The molecule has 1 radical (unpaired) electrons. The van der Waals surface area contributed by atoms with Gasteiger partial charge in [0.05, 0.1) is 6.61 Å². The Labute approximate surface area is 205 Å². The van der Waals surface area contributed by atoms with Gasteiger partial charge in [0, 0.05) is 6.61 Å². The molecular formula is C31H63O. The molecule has 0 aliphatic carbocycles. The zero-order valence-corrected chi connectivity index (χ0v) is 22.8. The molecule has 0 aliphatic rings. The van der Waals surface area contributed by atoms with Crippen molar-refractivity contribution in [3.63, 3.8) is 0 Å². The highest BCUT2D eigenvalue weighted by molar-refractivity contribution is 4.54. The Morgan fingerprint density at radius 3 is 0.969 bits per heavy atom. The van der Waals surface area contributed by atoms with Crippen molar-refractivity contribution in [1.82, 2.24) is 0 Å². The van der Waals surface area contributed by atoms with E-state index in [1.54, 1.807) is 0 Å². The van der Waals surface area contributed by atoms with Crippen molar-refractivity contribution in [2.45, 2.75) is 187 Å². The van der Waals surface area contributed by atoms with Crippen LogP contribution in [0.5, 0.6) is 0 Å². The normalized spacial score (nSPS) is 11.4. The van der Waals surface area contributed by atoms with E-state index >= 15 is 0 Å². The Bertz CT molecular complexity index is 271. The second-order valence-corrected chi connectivity index (χ2v) is 10.3. The van der Waals surface area contributed by atoms with E-state index in [2.05, 4.69) is 20.5 Å². The van der Waals surface area contributed by atoms with E-state index in [0.717, 1.165) is 13.0 Å². The minimum absolute atomic E-state index is 0.937. The summed E-state index contributed by atoms with van der Waals surface area (Å²) in [4.78, 5) is 0. The summed E-state index contributed by atoms with van der Waals surface area (Å²) in [5, 5.41) is 0. The van der Waals surface area contributed by atoms with Gasteiger partial charge in [0.15, 0.2) is 0 Å². The maximum absolute atomic E-state index is 5.67. The van der Waals surface area contributed by atoms with Crippen LogP contribution in [0.2, 0.25) is 0 Å². The standard InChI is InChI=1S/C31H63O/c1-3-5-7-9-11-12-13-14-15-16-17-18-19-20-21-22-23-25-27-29-31-32-30-28-26-24-10-8-6-4-2/h31H,3-30H2,1-2H3. The van der Waals surface area contributed by atoms with Crippen LogP contribution < -0.4 is 0 Å². The van der Waals surface area contributed by atoms with Crippen LogP contribution in [0.1, 0.15) is 187 Å². The number of ether oxygens (including phenoxy) is 1. The minimum Gasteiger partial charge on any atom is -0.376 e. The Morgan fingerprint density at radius 1 is 0.344 bits per heavy atom. The van der Waals surface area contributed by atoms with Crippen LogP contribution in [0, 0.1) is 6.61 Å². The largest absolute Gasteiger partial charge is 0.376 e. The van der Waals surface area contributed by atoms with Gasteiger partial charge in [-0.05, 0) is 12.8 Å². The molecule has 0 heterocycles. The fourth-order valence-electron chi connectivity index (χ4n) is 4.62. The minimum atomic E-state index is 0.937. The van der Waals surface area contributed by atoms with E-state index in [0.29, 0.717) is 0 Å². The first-order valence-electron chi connectivity index (χ1n) is 15.3. The van der Waals surface area contributed by atoms with Crippen molar-refractivity contribution in [1.29, 1.82) is 0 Å². The Morgan fingerprint density at radius 2 is 0.625 bits per heavy atom. The molecule has 0 bridgehead atoms. The predicted molar refractivity (Wildman–Crippen MR) is 146 cm³/mol. The smallest absolute Gasteiger partial charge is 0.0836 e. The van der Waals surface area contributed by atoms with Gasteiger partial charge in [-0.25, -0.2) is 0 Å². The second kappa shape index (κ2) is 31.0. The first-order valence-corrected chi connectivity index (χ1v) is 15.3. The SMILES string of the molecule is CCCCCCCCCCCCCCCCCCCCC[CH]OCCCCCCCCC. The van der Waals surface area contributed by atoms with Gasteiger partial charge >= 0.3 is 0 Å². The van der Waals surface area contributed by atoms with E-state index in [-0.39, 0.29) is 0 Å². The third kappa shape index (κ3) is 30.0. The molecule has 1 nitrogen and oxygen atoms in total. The Balaban J connectivity index is 2.98. The number of rotatable bonds is 29. The molecule has 0 aromatic rings. The molecule has 0 fully saturated rings. The highest BCUT2D eigenvalue weighted by atomic mass is 16.5. The topological polar surface area (TPSA) is 9.23 Å². The lowest BCUT2D eigenvalue weighted by molar-refractivity contribution is 0.183. The molecule has 32 heavy (non-hydrogen) atoms. The molecule has 0 spiro atoms. The summed E-state index contributed by atoms with van der Waals surface area (Å²) in [6.07, 6.45) is 38.2. The lowest BCUT2D eigenvalue weighted by Crippen LogP contribution is -1.92. The van der Waals surface area contributed by atoms with Crippen molar-refractivity contribution in [2.75, 3.05) is 6.61 Å². The van der Waals surface area contributed by atoms with Crippen molar-refractivity contribution in [2.24, 2.45) is 0 Å². The summed E-state index contributed by atoms with van der Waals surface area (Å²) in [6, 6.07) is 0. The highest BCUT2D eigenvalue weighted by Gasteiger charge is 1.96. The molecule has 0 rings (SSSR count). The van der Waals surface area contributed by atoms with Crippen LogP contribution in [-0.4, -0.2) is 6.61 Å². The van der Waals surface area contributed by atoms with Gasteiger partial charge in [-0.1, -0.05) is 174 Å². The van der Waals surface area contributed by atoms with Crippen LogP contribution in [0.25, 0.3) is 0 Å². The average Bonchev–Trinajstić information content (AvgIpc) is 2.81. The fourth-order valence-corrected chi connectivity index (χ4v) is 4.62. The maximum atomic E-state index is 5.67. The van der Waals surface area contributed by atoms with E-state index in [4.69, 9.17) is 4.74 Å². The first kappa shape index (κ1) is 32.0. The second-order valence-electron chi connectivity index (χ2n) is 10.3. The molecule has 0 unspecified atom stereocenters. The van der Waals surface area contributed by atoms with Gasteiger partial charge < -0.3 is 4.74 Å². The van der Waals surface area contributed by atoms with Crippen LogP contribution in [0.3, 0.4) is 0 Å².